The molecule has 0 saturated heterocycles. The van der Waals surface area contributed by atoms with E-state index in [1.54, 1.807) is 6.92 Å². The molecular formula is C29H30N6O2S. The molecule has 0 aliphatic heterocycles. The van der Waals surface area contributed by atoms with E-state index >= 15 is 0 Å². The van der Waals surface area contributed by atoms with Gasteiger partial charge >= 0.3 is 0 Å². The summed E-state index contributed by atoms with van der Waals surface area (Å²) in [5, 5.41) is 4.12. The monoisotopic (exact) mass is 526 g/mol. The lowest BCUT2D eigenvalue weighted by molar-refractivity contribution is -0.112. The first-order valence-corrected chi connectivity index (χ1v) is 14.4. The molecule has 2 aromatic heterocycles. The summed E-state index contributed by atoms with van der Waals surface area (Å²) in [5.41, 5.74) is 12.7. The number of nitrogens with two attached hydrogens (primary N) is 1. The van der Waals surface area contributed by atoms with Crippen molar-refractivity contribution in [3.63, 3.8) is 0 Å². The van der Waals surface area contributed by atoms with Gasteiger partial charge < -0.3 is 15.6 Å². The van der Waals surface area contributed by atoms with Crippen LogP contribution in [0, 0.1) is 0 Å². The highest BCUT2D eigenvalue weighted by atomic mass is 32.2. The Morgan fingerprint density at radius 2 is 1.63 bits per heavy atom. The summed E-state index contributed by atoms with van der Waals surface area (Å²) >= 11 is 0. The second-order valence-corrected chi connectivity index (χ2v) is 12.9. The van der Waals surface area contributed by atoms with Crippen LogP contribution in [0.4, 0.5) is 17.2 Å². The van der Waals surface area contributed by atoms with Crippen LogP contribution in [0.5, 0.6) is 0 Å². The smallest absolute Gasteiger partial charge is 0.250 e. The highest BCUT2D eigenvalue weighted by Crippen LogP contribution is 2.45. The van der Waals surface area contributed by atoms with E-state index in [2.05, 4.69) is 21.9 Å². The van der Waals surface area contributed by atoms with Gasteiger partial charge in [0.15, 0.2) is 0 Å². The number of aryl methyl sites for hydroxylation is 1. The van der Waals surface area contributed by atoms with Crippen molar-refractivity contribution < 1.29 is 9.00 Å². The third-order valence-corrected chi connectivity index (χ3v) is 10.6. The van der Waals surface area contributed by atoms with Gasteiger partial charge in [0.05, 0.1) is 26.5 Å². The predicted molar refractivity (Wildman–Crippen MR) is 154 cm³/mol. The molecule has 2 aromatic carbocycles. The molecule has 9 heteroatoms. The average Bonchev–Trinajstić information content (AvgIpc) is 3.82. The van der Waals surface area contributed by atoms with E-state index < -0.39 is 9.73 Å². The topological polar surface area (TPSA) is 115 Å². The van der Waals surface area contributed by atoms with E-state index in [0.717, 1.165) is 64.8 Å². The largest absolute Gasteiger partial charge is 0.383 e. The summed E-state index contributed by atoms with van der Waals surface area (Å²) in [6, 6.07) is 15.5. The molecule has 1 amide bonds. The minimum Gasteiger partial charge on any atom is -0.383 e. The number of nitrogens with zero attached hydrogens (tertiary/aromatic N) is 4. The molecule has 194 valence electrons. The van der Waals surface area contributed by atoms with Crippen molar-refractivity contribution >= 4 is 43.9 Å². The number of anilines is 2. The molecule has 2 aliphatic carbocycles. The molecule has 2 heterocycles. The Morgan fingerprint density at radius 1 is 1.03 bits per heavy atom. The van der Waals surface area contributed by atoms with Crippen LogP contribution in [0.25, 0.3) is 33.4 Å². The molecule has 4 aromatic rings. The Morgan fingerprint density at radius 3 is 2.21 bits per heavy atom. The standard InChI is InChI=1S/C29H30N6O2S/c1-17(2)29(36)33-20-8-6-19(7-9-20)26-24(25-27(30)31-16-32-28(25)35(26)3)18-4-10-21(11-5-18)34-38(37,22-12-13-22)23-14-15-23/h4-11,16,22-23H,1,12-15H2,2-3H3,(H,33,36)(H2,30,31,32). The summed E-state index contributed by atoms with van der Waals surface area (Å²) in [6.45, 7) is 5.36. The van der Waals surface area contributed by atoms with Crippen molar-refractivity contribution in [2.75, 3.05) is 11.1 Å². The number of aromatic nitrogens is 3. The van der Waals surface area contributed by atoms with Gasteiger partial charge in [0.25, 0.3) is 5.91 Å². The van der Waals surface area contributed by atoms with Crippen LogP contribution in [0.3, 0.4) is 0 Å². The lowest BCUT2D eigenvalue weighted by Crippen LogP contribution is -2.11. The van der Waals surface area contributed by atoms with Gasteiger partial charge in [-0.1, -0.05) is 30.8 Å². The highest BCUT2D eigenvalue weighted by Gasteiger charge is 2.44. The SMILES string of the molecule is C=C(C)C(=O)Nc1ccc(-c2c(-c3ccc(N=S(=O)(C4CC4)C4CC4)cc3)c3c(N)ncnc3n2C)cc1. The lowest BCUT2D eigenvalue weighted by Gasteiger charge is -2.11. The number of nitrogens with one attached hydrogen (secondary N) is 1. The number of fused-ring (bicyclic) bond motifs is 1. The van der Waals surface area contributed by atoms with Crippen molar-refractivity contribution in [3.05, 3.63) is 67.0 Å². The van der Waals surface area contributed by atoms with Gasteiger partial charge in [0.2, 0.25) is 0 Å². The third kappa shape index (κ3) is 4.26. The van der Waals surface area contributed by atoms with E-state index in [-0.39, 0.29) is 16.4 Å². The number of rotatable bonds is 7. The molecule has 0 bridgehead atoms. The number of nitrogen functional groups attached to an aromatic ring is 1. The minimum atomic E-state index is -2.19. The minimum absolute atomic E-state index is 0.219. The quantitative estimate of drug-likeness (QED) is 0.294. The fourth-order valence-corrected chi connectivity index (χ4v) is 7.85. The van der Waals surface area contributed by atoms with Gasteiger partial charge in [-0.15, -0.1) is 0 Å². The van der Waals surface area contributed by atoms with Crippen LogP contribution in [0.15, 0.2) is 71.4 Å². The van der Waals surface area contributed by atoms with Crippen LogP contribution in [0.2, 0.25) is 0 Å². The van der Waals surface area contributed by atoms with Gasteiger partial charge in [-0.3, -0.25) is 4.79 Å². The average molecular weight is 527 g/mol. The number of amides is 1. The summed E-state index contributed by atoms with van der Waals surface area (Å²) in [5.74, 6) is 0.181. The molecule has 0 radical (unpaired) electrons. The van der Waals surface area contributed by atoms with Crippen LogP contribution >= 0.6 is 0 Å². The Bertz CT molecular complexity index is 1690. The normalized spacial score (nSPS) is 15.4. The second kappa shape index (κ2) is 9.09. The maximum Gasteiger partial charge on any atom is 0.250 e. The van der Waals surface area contributed by atoms with E-state index in [1.807, 2.05) is 60.1 Å². The lowest BCUT2D eigenvalue weighted by atomic mass is 9.98. The molecule has 0 unspecified atom stereocenters. The van der Waals surface area contributed by atoms with Gasteiger partial charge in [-0.25, -0.2) is 14.2 Å². The van der Waals surface area contributed by atoms with Crippen LogP contribution in [-0.4, -0.2) is 35.2 Å². The Kier molecular flexibility index (Phi) is 5.83. The van der Waals surface area contributed by atoms with Crippen LogP contribution in [0.1, 0.15) is 32.6 Å². The summed E-state index contributed by atoms with van der Waals surface area (Å²) in [4.78, 5) is 20.8. The van der Waals surface area contributed by atoms with Crippen molar-refractivity contribution in [2.45, 2.75) is 43.1 Å². The van der Waals surface area contributed by atoms with Crippen LogP contribution < -0.4 is 11.1 Å². The fraction of sp³-hybridized carbons (Fsp3) is 0.276. The van der Waals surface area contributed by atoms with Crippen molar-refractivity contribution in [1.29, 1.82) is 0 Å². The van der Waals surface area contributed by atoms with E-state index in [4.69, 9.17) is 10.1 Å². The molecule has 2 fully saturated rings. The molecule has 6 rings (SSSR count). The van der Waals surface area contributed by atoms with E-state index in [9.17, 15) is 9.00 Å². The number of hydrogen-bond acceptors (Lipinski definition) is 6. The Hall–Kier alpha value is -3.98. The zero-order valence-corrected chi connectivity index (χ0v) is 22.3. The molecular weight excluding hydrogens is 496 g/mol. The molecule has 0 spiro atoms. The predicted octanol–water partition coefficient (Wildman–Crippen LogP) is 5.82. The summed E-state index contributed by atoms with van der Waals surface area (Å²) in [7, 11) is -0.239. The van der Waals surface area contributed by atoms with Crippen molar-refractivity contribution in [2.24, 2.45) is 11.4 Å². The first kappa shape index (κ1) is 24.4. The zero-order valence-electron chi connectivity index (χ0n) is 21.5. The summed E-state index contributed by atoms with van der Waals surface area (Å²) < 4.78 is 20.4. The molecule has 8 nitrogen and oxygen atoms in total. The number of hydrogen-bond donors (Lipinski definition) is 2. The summed E-state index contributed by atoms with van der Waals surface area (Å²) in [6.07, 6.45) is 5.54. The molecule has 0 atom stereocenters. The maximum absolute atomic E-state index is 13.6. The molecule has 38 heavy (non-hydrogen) atoms. The van der Waals surface area contributed by atoms with E-state index in [0.29, 0.717) is 17.1 Å². The van der Waals surface area contributed by atoms with Crippen LogP contribution in [-0.2, 0) is 21.6 Å². The first-order valence-electron chi connectivity index (χ1n) is 12.8. The van der Waals surface area contributed by atoms with Crippen molar-refractivity contribution in [3.8, 4) is 22.4 Å². The second-order valence-electron chi connectivity index (χ2n) is 10.2. The first-order chi connectivity index (χ1) is 18.3. The van der Waals surface area contributed by atoms with E-state index in [1.165, 1.54) is 6.33 Å². The van der Waals surface area contributed by atoms with Gasteiger partial charge in [0, 0.05) is 34.4 Å². The molecule has 2 aliphatic rings. The third-order valence-electron chi connectivity index (χ3n) is 7.21. The van der Waals surface area contributed by atoms with Gasteiger partial charge in [-0.2, -0.15) is 4.36 Å². The Balaban J connectivity index is 1.44. The molecule has 3 N–H and O–H groups in total. The number of carbonyl (C=O) groups excluding carboxylic acids is 1. The number of benzene rings is 2. The van der Waals surface area contributed by atoms with Gasteiger partial charge in [0.1, 0.15) is 17.8 Å². The fourth-order valence-electron chi connectivity index (χ4n) is 4.93. The Labute approximate surface area is 222 Å². The number of carbonyl (C=O) groups is 1. The zero-order chi connectivity index (χ0) is 26.6. The van der Waals surface area contributed by atoms with Crippen molar-refractivity contribution in [1.82, 2.24) is 14.5 Å². The molecule has 2 saturated carbocycles. The highest BCUT2D eigenvalue weighted by molar-refractivity contribution is 7.95. The maximum atomic E-state index is 13.6. The van der Waals surface area contributed by atoms with Gasteiger partial charge in [-0.05, 0) is 68.0 Å².